The maximum atomic E-state index is 13.7. The first-order valence-corrected chi connectivity index (χ1v) is 14.2. The van der Waals surface area contributed by atoms with Gasteiger partial charge < -0.3 is 20.7 Å². The van der Waals surface area contributed by atoms with Crippen LogP contribution in [0, 0.1) is 0 Å². The van der Waals surface area contributed by atoms with Crippen LogP contribution in [0.5, 0.6) is 0 Å². The number of alkyl carbamates (subject to hydrolysis) is 1. The number of carbonyl (C=O) groups is 1. The maximum Gasteiger partial charge on any atom is 0.421 e. The van der Waals surface area contributed by atoms with Gasteiger partial charge in [-0.25, -0.2) is 23.2 Å². The molecule has 15 heteroatoms. The molecule has 0 fully saturated rings. The second-order valence-corrected chi connectivity index (χ2v) is 12.2. The van der Waals surface area contributed by atoms with E-state index in [0.29, 0.717) is 17.4 Å². The largest absolute Gasteiger partial charge is 0.444 e. The summed E-state index contributed by atoms with van der Waals surface area (Å²) in [6.07, 6.45) is -2.28. The Balaban J connectivity index is 1.78. The number of nitrogens with one attached hydrogen (secondary N) is 3. The van der Waals surface area contributed by atoms with E-state index >= 15 is 0 Å². The molecule has 1 amide bonds. The molecule has 11 nitrogen and oxygen atoms in total. The van der Waals surface area contributed by atoms with Gasteiger partial charge in [0, 0.05) is 37.2 Å². The summed E-state index contributed by atoms with van der Waals surface area (Å²) < 4.78 is 71.3. The molecule has 1 unspecified atom stereocenters. The van der Waals surface area contributed by atoms with Gasteiger partial charge in [0.1, 0.15) is 22.8 Å². The summed E-state index contributed by atoms with van der Waals surface area (Å²) in [5.41, 5.74) is -0.134. The van der Waals surface area contributed by atoms with Crippen molar-refractivity contribution in [1.29, 1.82) is 0 Å². The van der Waals surface area contributed by atoms with E-state index in [4.69, 9.17) is 4.74 Å². The number of benzene rings is 1. The molecule has 2 heterocycles. The fourth-order valence-electron chi connectivity index (χ4n) is 3.52. The fraction of sp³-hybridized carbons (Fsp3) is 0.385. The molecular formula is C26H32F3N7O4S. The predicted octanol–water partition coefficient (Wildman–Crippen LogP) is 5.23. The molecule has 0 aliphatic carbocycles. The summed E-state index contributed by atoms with van der Waals surface area (Å²) in [7, 11) is -2.36. The van der Waals surface area contributed by atoms with E-state index < -0.39 is 39.3 Å². The molecule has 0 bridgehead atoms. The summed E-state index contributed by atoms with van der Waals surface area (Å²) in [5, 5.41) is 8.24. The minimum atomic E-state index is -4.75. The number of anilines is 4. The third-order valence-electron chi connectivity index (χ3n) is 5.60. The average Bonchev–Trinajstić information content (AvgIpc) is 2.85. The molecule has 1 aromatic carbocycles. The zero-order valence-electron chi connectivity index (χ0n) is 23.4. The minimum absolute atomic E-state index is 0.0685. The van der Waals surface area contributed by atoms with Crippen LogP contribution in [0.2, 0.25) is 0 Å². The van der Waals surface area contributed by atoms with E-state index in [2.05, 4.69) is 30.9 Å². The zero-order valence-corrected chi connectivity index (χ0v) is 24.2. The van der Waals surface area contributed by atoms with Gasteiger partial charge in [-0.15, -0.1) is 0 Å². The Labute approximate surface area is 236 Å². The van der Waals surface area contributed by atoms with Crippen molar-refractivity contribution in [2.24, 2.45) is 0 Å². The van der Waals surface area contributed by atoms with E-state index in [9.17, 15) is 26.4 Å². The van der Waals surface area contributed by atoms with Gasteiger partial charge in [-0.3, -0.25) is 4.31 Å². The maximum absolute atomic E-state index is 13.7. The zero-order chi connectivity index (χ0) is 30.6. The van der Waals surface area contributed by atoms with Crippen molar-refractivity contribution in [3.63, 3.8) is 0 Å². The molecule has 222 valence electrons. The number of ether oxygens (including phenoxy) is 1. The second-order valence-electron chi connectivity index (χ2n) is 10.1. The van der Waals surface area contributed by atoms with Crippen LogP contribution in [0.4, 0.5) is 41.2 Å². The third-order valence-corrected chi connectivity index (χ3v) is 6.77. The van der Waals surface area contributed by atoms with Crippen LogP contribution in [0.3, 0.4) is 0 Å². The van der Waals surface area contributed by atoms with Crippen LogP contribution in [0.25, 0.3) is 0 Å². The Morgan fingerprint density at radius 3 is 2.34 bits per heavy atom. The van der Waals surface area contributed by atoms with Crippen molar-refractivity contribution >= 4 is 39.4 Å². The van der Waals surface area contributed by atoms with Gasteiger partial charge in [0.05, 0.1) is 12.3 Å². The molecule has 0 spiro atoms. The molecule has 0 saturated carbocycles. The molecule has 0 aliphatic rings. The van der Waals surface area contributed by atoms with E-state index in [1.165, 1.54) is 13.2 Å². The molecule has 0 saturated heterocycles. The van der Waals surface area contributed by atoms with Gasteiger partial charge in [-0.05, 0) is 51.5 Å². The lowest BCUT2D eigenvalue weighted by atomic mass is 10.1. The first kappa shape index (κ1) is 31.4. The number of hydrogen-bond donors (Lipinski definition) is 3. The topological polar surface area (TPSA) is 138 Å². The van der Waals surface area contributed by atoms with Crippen molar-refractivity contribution < 1.29 is 31.1 Å². The SMILES string of the molecule is CC(NC(=O)OC(C)(C)C)c1ccc(Nc2ncc(C(F)(F)F)c(NCc3cccnc3N(C)S(C)(=O)=O)n2)cc1. The summed E-state index contributed by atoms with van der Waals surface area (Å²) in [6, 6.07) is 9.52. The van der Waals surface area contributed by atoms with Crippen LogP contribution in [0.1, 0.15) is 50.4 Å². The van der Waals surface area contributed by atoms with Gasteiger partial charge in [0.15, 0.2) is 0 Å². The average molecular weight is 596 g/mol. The summed E-state index contributed by atoms with van der Waals surface area (Å²) in [4.78, 5) is 23.9. The number of halogens is 3. The minimum Gasteiger partial charge on any atom is -0.444 e. The normalized spacial score (nSPS) is 12.8. The molecule has 3 rings (SSSR count). The lowest BCUT2D eigenvalue weighted by molar-refractivity contribution is -0.137. The van der Waals surface area contributed by atoms with Crippen molar-refractivity contribution in [2.75, 3.05) is 28.2 Å². The number of amides is 1. The summed E-state index contributed by atoms with van der Waals surface area (Å²) >= 11 is 0. The van der Waals surface area contributed by atoms with Gasteiger partial charge in [-0.2, -0.15) is 18.2 Å². The highest BCUT2D eigenvalue weighted by molar-refractivity contribution is 7.92. The number of sulfonamides is 1. The molecule has 41 heavy (non-hydrogen) atoms. The first-order valence-electron chi connectivity index (χ1n) is 12.4. The monoisotopic (exact) mass is 595 g/mol. The van der Waals surface area contributed by atoms with Gasteiger partial charge >= 0.3 is 12.3 Å². The quantitative estimate of drug-likeness (QED) is 0.304. The van der Waals surface area contributed by atoms with E-state index in [1.54, 1.807) is 64.1 Å². The number of aromatic nitrogens is 3. The number of carbonyl (C=O) groups excluding carboxylic acids is 1. The van der Waals surface area contributed by atoms with Crippen LogP contribution in [-0.2, 0) is 27.5 Å². The lowest BCUT2D eigenvalue weighted by Crippen LogP contribution is -2.34. The Kier molecular flexibility index (Phi) is 9.31. The fourth-order valence-corrected chi connectivity index (χ4v) is 4.00. The molecule has 0 radical (unpaired) electrons. The van der Waals surface area contributed by atoms with Gasteiger partial charge in [0.25, 0.3) is 0 Å². The number of pyridine rings is 1. The number of rotatable bonds is 9. The standard InChI is InChI=1S/C26H32F3N7O4S/c1-16(33-24(37)40-25(2,3)4)17-9-11-19(12-10-17)34-23-32-15-20(26(27,28)29)21(35-23)31-14-18-8-7-13-30-22(18)36(5)41(6,38)39/h7-13,15-16H,14H2,1-6H3,(H,33,37)(H2,31,32,34,35). The highest BCUT2D eigenvalue weighted by Crippen LogP contribution is 2.34. The molecule has 2 aromatic heterocycles. The van der Waals surface area contributed by atoms with E-state index in [1.807, 2.05) is 0 Å². The van der Waals surface area contributed by atoms with Crippen molar-refractivity contribution in [2.45, 2.75) is 52.1 Å². The Morgan fingerprint density at radius 1 is 1.10 bits per heavy atom. The van der Waals surface area contributed by atoms with Gasteiger partial charge in [0.2, 0.25) is 16.0 Å². The molecular weight excluding hydrogens is 563 g/mol. The molecule has 0 aliphatic heterocycles. The lowest BCUT2D eigenvalue weighted by Gasteiger charge is -2.22. The van der Waals surface area contributed by atoms with Crippen LogP contribution in [0.15, 0.2) is 48.8 Å². The van der Waals surface area contributed by atoms with E-state index in [-0.39, 0.29) is 24.4 Å². The number of hydrogen-bond acceptors (Lipinski definition) is 9. The van der Waals surface area contributed by atoms with Crippen molar-refractivity contribution in [3.05, 3.63) is 65.5 Å². The molecule has 1 atom stereocenters. The Morgan fingerprint density at radius 2 is 1.76 bits per heavy atom. The number of nitrogens with zero attached hydrogens (tertiary/aromatic N) is 4. The summed E-state index contributed by atoms with van der Waals surface area (Å²) in [5.74, 6) is -0.537. The number of alkyl halides is 3. The highest BCUT2D eigenvalue weighted by Gasteiger charge is 2.35. The third kappa shape index (κ3) is 8.93. The summed E-state index contributed by atoms with van der Waals surface area (Å²) in [6.45, 7) is 6.87. The molecule has 3 aromatic rings. The first-order chi connectivity index (χ1) is 18.9. The van der Waals surface area contributed by atoms with Crippen LogP contribution >= 0.6 is 0 Å². The smallest absolute Gasteiger partial charge is 0.421 e. The van der Waals surface area contributed by atoms with Crippen LogP contribution < -0.4 is 20.3 Å². The highest BCUT2D eigenvalue weighted by atomic mass is 32.2. The second kappa shape index (κ2) is 12.2. The van der Waals surface area contributed by atoms with E-state index in [0.717, 1.165) is 16.1 Å². The Bertz CT molecular complexity index is 1480. The Hall–Kier alpha value is -4.14. The predicted molar refractivity (Wildman–Crippen MR) is 149 cm³/mol. The van der Waals surface area contributed by atoms with Crippen molar-refractivity contribution in [1.82, 2.24) is 20.3 Å². The van der Waals surface area contributed by atoms with Gasteiger partial charge in [-0.1, -0.05) is 18.2 Å². The van der Waals surface area contributed by atoms with Crippen LogP contribution in [-0.4, -0.2) is 48.4 Å². The molecule has 3 N–H and O–H groups in total. The van der Waals surface area contributed by atoms with Crippen molar-refractivity contribution in [3.8, 4) is 0 Å².